The average Bonchev–Trinajstić information content (AvgIpc) is 2.77. The maximum Gasteiger partial charge on any atom is 0.0112 e. The standard InChI is InChI=1S/2C11H25N3/c2*1-11(2)14-9-7-12(3)5-6-13(4)8-10-14/h2*11H,5-10H2,1-4H3. The van der Waals surface area contributed by atoms with Gasteiger partial charge in [-0.05, 0) is 55.9 Å². The SMILES string of the molecule is CC(C)N1CCN(C)CCN(C)CC1.CC(C)N1CCN(C)CCN(C)CC1. The predicted octanol–water partition coefficient (Wildman–Crippen LogP) is 1.15. The summed E-state index contributed by atoms with van der Waals surface area (Å²) in [6, 6.07) is 1.35. The molecule has 168 valence electrons. The van der Waals surface area contributed by atoms with Gasteiger partial charge in [-0.3, -0.25) is 9.80 Å². The topological polar surface area (TPSA) is 19.4 Å². The lowest BCUT2D eigenvalue weighted by Crippen LogP contribution is -2.39. The highest BCUT2D eigenvalue weighted by molar-refractivity contribution is 4.71. The van der Waals surface area contributed by atoms with Crippen molar-refractivity contribution < 1.29 is 0 Å². The van der Waals surface area contributed by atoms with Gasteiger partial charge in [-0.15, -0.1) is 0 Å². The van der Waals surface area contributed by atoms with Crippen molar-refractivity contribution >= 4 is 0 Å². The third-order valence-corrected chi connectivity index (χ3v) is 6.26. The van der Waals surface area contributed by atoms with E-state index >= 15 is 0 Å². The van der Waals surface area contributed by atoms with Gasteiger partial charge in [0.15, 0.2) is 0 Å². The fourth-order valence-corrected chi connectivity index (χ4v) is 3.58. The summed E-state index contributed by atoms with van der Waals surface area (Å²) in [5.41, 5.74) is 0. The molecular weight excluding hydrogens is 348 g/mol. The summed E-state index contributed by atoms with van der Waals surface area (Å²) >= 11 is 0. The van der Waals surface area contributed by atoms with Gasteiger partial charge in [-0.25, -0.2) is 0 Å². The maximum atomic E-state index is 2.57. The van der Waals surface area contributed by atoms with Gasteiger partial charge in [0.25, 0.3) is 0 Å². The Morgan fingerprint density at radius 3 is 0.714 bits per heavy atom. The van der Waals surface area contributed by atoms with Crippen LogP contribution in [0, 0.1) is 0 Å². The van der Waals surface area contributed by atoms with Crippen LogP contribution < -0.4 is 0 Å². The second kappa shape index (κ2) is 13.9. The lowest BCUT2D eigenvalue weighted by atomic mass is 10.3. The van der Waals surface area contributed by atoms with Crippen molar-refractivity contribution in [1.29, 1.82) is 0 Å². The zero-order valence-corrected chi connectivity index (χ0v) is 20.3. The Kier molecular flexibility index (Phi) is 12.8. The zero-order valence-electron chi connectivity index (χ0n) is 20.3. The lowest BCUT2D eigenvalue weighted by Gasteiger charge is -2.27. The molecule has 0 aromatic rings. The number of rotatable bonds is 2. The largest absolute Gasteiger partial charge is 0.304 e. The van der Waals surface area contributed by atoms with Crippen LogP contribution >= 0.6 is 0 Å². The van der Waals surface area contributed by atoms with Gasteiger partial charge in [0.2, 0.25) is 0 Å². The van der Waals surface area contributed by atoms with E-state index in [0.717, 1.165) is 0 Å². The van der Waals surface area contributed by atoms with Crippen molar-refractivity contribution in [3.8, 4) is 0 Å². The highest BCUT2D eigenvalue weighted by Crippen LogP contribution is 2.02. The van der Waals surface area contributed by atoms with Crippen LogP contribution in [0.2, 0.25) is 0 Å². The Bertz CT molecular complexity index is 325. The first-order valence-electron chi connectivity index (χ1n) is 11.4. The van der Waals surface area contributed by atoms with E-state index < -0.39 is 0 Å². The van der Waals surface area contributed by atoms with E-state index in [-0.39, 0.29) is 0 Å². The molecule has 6 heteroatoms. The predicted molar refractivity (Wildman–Crippen MR) is 123 cm³/mol. The molecule has 0 N–H and O–H groups in total. The van der Waals surface area contributed by atoms with Crippen molar-refractivity contribution in [3.05, 3.63) is 0 Å². The molecule has 2 saturated heterocycles. The van der Waals surface area contributed by atoms with Crippen LogP contribution in [0.3, 0.4) is 0 Å². The quantitative estimate of drug-likeness (QED) is 0.690. The highest BCUT2D eigenvalue weighted by Gasteiger charge is 2.15. The molecular formula is C22H50N6. The summed E-state index contributed by atoms with van der Waals surface area (Å²) in [6.07, 6.45) is 0. The van der Waals surface area contributed by atoms with Crippen LogP contribution in [-0.4, -0.2) is 148 Å². The molecule has 0 aliphatic carbocycles. The fraction of sp³-hybridized carbons (Fsp3) is 1.00. The Morgan fingerprint density at radius 1 is 0.357 bits per heavy atom. The maximum absolute atomic E-state index is 2.57. The number of hydrogen-bond acceptors (Lipinski definition) is 6. The minimum Gasteiger partial charge on any atom is -0.304 e. The Morgan fingerprint density at radius 2 is 0.536 bits per heavy atom. The van der Waals surface area contributed by atoms with Crippen LogP contribution in [-0.2, 0) is 0 Å². The van der Waals surface area contributed by atoms with Gasteiger partial charge in [0, 0.05) is 90.6 Å². The normalized spacial score (nSPS) is 24.6. The van der Waals surface area contributed by atoms with E-state index in [1.807, 2.05) is 0 Å². The molecule has 2 rings (SSSR count). The number of likely N-dealkylation sites (N-methyl/N-ethyl adjacent to an activating group) is 4. The van der Waals surface area contributed by atoms with Gasteiger partial charge in [0.05, 0.1) is 0 Å². The third-order valence-electron chi connectivity index (χ3n) is 6.26. The molecule has 0 radical (unpaired) electrons. The molecule has 0 aromatic heterocycles. The van der Waals surface area contributed by atoms with Gasteiger partial charge in [-0.1, -0.05) is 0 Å². The van der Waals surface area contributed by atoms with Gasteiger partial charge in [0.1, 0.15) is 0 Å². The molecule has 0 atom stereocenters. The van der Waals surface area contributed by atoms with Crippen molar-refractivity contribution in [2.24, 2.45) is 0 Å². The molecule has 0 amide bonds. The van der Waals surface area contributed by atoms with Crippen molar-refractivity contribution in [2.75, 3.05) is 107 Å². The van der Waals surface area contributed by atoms with E-state index in [1.165, 1.54) is 78.5 Å². The monoisotopic (exact) mass is 398 g/mol. The van der Waals surface area contributed by atoms with Gasteiger partial charge in [-0.2, -0.15) is 0 Å². The molecule has 6 nitrogen and oxygen atoms in total. The van der Waals surface area contributed by atoms with Crippen LogP contribution in [0.1, 0.15) is 27.7 Å². The molecule has 2 heterocycles. The van der Waals surface area contributed by atoms with E-state index in [2.05, 4.69) is 85.3 Å². The molecule has 2 fully saturated rings. The van der Waals surface area contributed by atoms with E-state index in [9.17, 15) is 0 Å². The summed E-state index contributed by atoms with van der Waals surface area (Å²) in [4.78, 5) is 14.8. The van der Waals surface area contributed by atoms with E-state index in [1.54, 1.807) is 0 Å². The fourth-order valence-electron chi connectivity index (χ4n) is 3.58. The lowest BCUT2D eigenvalue weighted by molar-refractivity contribution is 0.194. The Labute approximate surface area is 176 Å². The summed E-state index contributed by atoms with van der Waals surface area (Å²) in [5, 5.41) is 0. The van der Waals surface area contributed by atoms with Crippen molar-refractivity contribution in [1.82, 2.24) is 29.4 Å². The Hall–Kier alpha value is -0.240. The van der Waals surface area contributed by atoms with E-state index in [4.69, 9.17) is 0 Å². The first-order valence-corrected chi connectivity index (χ1v) is 11.4. The van der Waals surface area contributed by atoms with Crippen LogP contribution in [0.5, 0.6) is 0 Å². The van der Waals surface area contributed by atoms with Gasteiger partial charge >= 0.3 is 0 Å². The molecule has 28 heavy (non-hydrogen) atoms. The molecule has 2 aliphatic heterocycles. The summed E-state index contributed by atoms with van der Waals surface area (Å²) < 4.78 is 0. The van der Waals surface area contributed by atoms with Gasteiger partial charge < -0.3 is 19.6 Å². The summed E-state index contributed by atoms with van der Waals surface area (Å²) in [6.45, 7) is 23.6. The summed E-state index contributed by atoms with van der Waals surface area (Å²) in [5.74, 6) is 0. The minimum absolute atomic E-state index is 0.676. The smallest absolute Gasteiger partial charge is 0.0112 e. The second-order valence-corrected chi connectivity index (χ2v) is 9.47. The molecule has 0 saturated carbocycles. The van der Waals surface area contributed by atoms with Crippen LogP contribution in [0.4, 0.5) is 0 Å². The molecule has 0 spiro atoms. The highest BCUT2D eigenvalue weighted by atomic mass is 15.3. The average molecular weight is 399 g/mol. The molecule has 0 bridgehead atoms. The summed E-state index contributed by atoms with van der Waals surface area (Å²) in [7, 11) is 8.88. The van der Waals surface area contributed by atoms with Crippen LogP contribution in [0.15, 0.2) is 0 Å². The first-order chi connectivity index (χ1) is 13.2. The molecule has 2 aliphatic rings. The number of nitrogens with zero attached hydrogens (tertiary/aromatic N) is 6. The van der Waals surface area contributed by atoms with Crippen molar-refractivity contribution in [2.45, 2.75) is 39.8 Å². The first kappa shape index (κ1) is 25.8. The second-order valence-electron chi connectivity index (χ2n) is 9.47. The van der Waals surface area contributed by atoms with Crippen molar-refractivity contribution in [3.63, 3.8) is 0 Å². The molecule has 0 aromatic carbocycles. The van der Waals surface area contributed by atoms with Crippen LogP contribution in [0.25, 0.3) is 0 Å². The Balaban J connectivity index is 0.000000280. The zero-order chi connectivity index (χ0) is 21.1. The molecule has 0 unspecified atom stereocenters. The minimum atomic E-state index is 0.676. The van der Waals surface area contributed by atoms with E-state index in [0.29, 0.717) is 12.1 Å². The third kappa shape index (κ3) is 11.1. The number of hydrogen-bond donors (Lipinski definition) is 0.